The number of rotatable bonds is 3. The second kappa shape index (κ2) is 7.96. The molecule has 3 heterocycles. The molecule has 5 rings (SSSR count). The predicted molar refractivity (Wildman–Crippen MR) is 116 cm³/mol. The lowest BCUT2D eigenvalue weighted by Gasteiger charge is -2.45. The number of benzene rings is 2. The lowest BCUT2D eigenvalue weighted by atomic mass is 9.81. The van der Waals surface area contributed by atoms with Crippen molar-refractivity contribution < 1.29 is 14.3 Å². The number of fused-ring (bicyclic) bond motifs is 1. The third-order valence-corrected chi connectivity index (χ3v) is 6.66. The van der Waals surface area contributed by atoms with Gasteiger partial charge in [0.1, 0.15) is 11.4 Å². The van der Waals surface area contributed by atoms with E-state index in [1.54, 1.807) is 12.1 Å². The molecule has 0 aliphatic carbocycles. The minimum atomic E-state index is -0.494. The first kappa shape index (κ1) is 20.0. The summed E-state index contributed by atoms with van der Waals surface area (Å²) in [7, 11) is 0. The fraction of sp³-hybridized carbons (Fsp3) is 0.364. The van der Waals surface area contributed by atoms with E-state index in [-0.39, 0.29) is 5.60 Å². The van der Waals surface area contributed by atoms with E-state index in [0.29, 0.717) is 29.8 Å². The topological polar surface area (TPSA) is 71.6 Å². The van der Waals surface area contributed by atoms with Crippen molar-refractivity contribution in [1.82, 2.24) is 15.1 Å². The lowest BCUT2D eigenvalue weighted by Crippen LogP contribution is -2.50. The molecular formula is C22H21BrClN3O3. The number of halogens is 2. The fourth-order valence-corrected chi connectivity index (χ4v) is 4.72. The standard InChI is InChI=1S/C22H21BrClN3O3/c23-15-3-6-17-18(28)12-22(30-19(17)11-15)7-9-27(10-8-22)13-20-25-26-21(29-20)14-1-4-16(24)5-2-14/h1-6,11,18,28H,7-10,12-13H2. The van der Waals surface area contributed by atoms with E-state index in [2.05, 4.69) is 31.0 Å². The number of likely N-dealkylation sites (tertiary alicyclic amines) is 1. The van der Waals surface area contributed by atoms with Gasteiger partial charge >= 0.3 is 0 Å². The Morgan fingerprint density at radius 2 is 1.90 bits per heavy atom. The van der Waals surface area contributed by atoms with Crippen LogP contribution in [0.3, 0.4) is 0 Å². The van der Waals surface area contributed by atoms with Gasteiger partial charge in [-0.05, 0) is 49.2 Å². The third kappa shape index (κ3) is 3.99. The minimum Gasteiger partial charge on any atom is -0.487 e. The predicted octanol–water partition coefficient (Wildman–Crippen LogP) is 5.00. The smallest absolute Gasteiger partial charge is 0.247 e. The number of ether oxygens (including phenoxy) is 1. The van der Waals surface area contributed by atoms with Crippen LogP contribution in [0.5, 0.6) is 5.75 Å². The van der Waals surface area contributed by atoms with Crippen molar-refractivity contribution in [3.8, 4) is 17.2 Å². The van der Waals surface area contributed by atoms with Gasteiger partial charge in [0.05, 0.1) is 12.6 Å². The molecule has 2 aromatic carbocycles. The number of nitrogens with zero attached hydrogens (tertiary/aromatic N) is 3. The van der Waals surface area contributed by atoms with Crippen molar-refractivity contribution in [2.45, 2.75) is 37.5 Å². The Morgan fingerprint density at radius 1 is 1.13 bits per heavy atom. The van der Waals surface area contributed by atoms with Crippen LogP contribution in [0.4, 0.5) is 0 Å². The SMILES string of the molecule is OC1CC2(CCN(Cc3nnc(-c4ccc(Cl)cc4)o3)CC2)Oc2cc(Br)ccc21. The van der Waals surface area contributed by atoms with Crippen LogP contribution in [0.15, 0.2) is 51.4 Å². The molecule has 0 radical (unpaired) electrons. The van der Waals surface area contributed by atoms with E-state index in [1.165, 1.54) is 0 Å². The summed E-state index contributed by atoms with van der Waals surface area (Å²) in [6, 6.07) is 13.2. The molecule has 8 heteroatoms. The van der Waals surface area contributed by atoms with Gasteiger partial charge in [-0.15, -0.1) is 10.2 Å². The summed E-state index contributed by atoms with van der Waals surface area (Å²) in [5.74, 6) is 1.87. The first-order valence-electron chi connectivity index (χ1n) is 9.97. The molecule has 0 amide bonds. The maximum absolute atomic E-state index is 10.6. The van der Waals surface area contributed by atoms with Gasteiger partial charge in [0.25, 0.3) is 0 Å². The van der Waals surface area contributed by atoms with Crippen molar-refractivity contribution in [2.75, 3.05) is 13.1 Å². The first-order valence-corrected chi connectivity index (χ1v) is 11.1. The summed E-state index contributed by atoms with van der Waals surface area (Å²) in [6.45, 7) is 2.28. The molecular weight excluding hydrogens is 470 g/mol. The second-order valence-corrected chi connectivity index (χ2v) is 9.32. The summed E-state index contributed by atoms with van der Waals surface area (Å²) in [5.41, 5.74) is 1.39. The van der Waals surface area contributed by atoms with Gasteiger partial charge in [0, 0.05) is 40.1 Å². The van der Waals surface area contributed by atoms with E-state index in [4.69, 9.17) is 20.8 Å². The molecule has 1 N–H and O–H groups in total. The van der Waals surface area contributed by atoms with Crippen molar-refractivity contribution in [3.05, 3.63) is 63.4 Å². The Balaban J connectivity index is 1.23. The van der Waals surface area contributed by atoms with E-state index in [1.807, 2.05) is 30.3 Å². The molecule has 156 valence electrons. The number of piperidine rings is 1. The van der Waals surface area contributed by atoms with E-state index in [9.17, 15) is 5.11 Å². The molecule has 2 aliphatic rings. The molecule has 0 bridgehead atoms. The van der Waals surface area contributed by atoms with Crippen LogP contribution in [-0.4, -0.2) is 38.9 Å². The normalized spacial score (nSPS) is 20.7. The Bertz CT molecular complexity index is 1050. The van der Waals surface area contributed by atoms with Gasteiger partial charge in [0.15, 0.2) is 0 Å². The van der Waals surface area contributed by atoms with Crippen LogP contribution in [0.2, 0.25) is 5.02 Å². The molecule has 30 heavy (non-hydrogen) atoms. The molecule has 1 unspecified atom stereocenters. The average molecular weight is 491 g/mol. The molecule has 1 aromatic heterocycles. The Kier molecular flexibility index (Phi) is 5.31. The van der Waals surface area contributed by atoms with Gasteiger partial charge in [0.2, 0.25) is 11.8 Å². The van der Waals surface area contributed by atoms with Gasteiger partial charge in [-0.2, -0.15) is 0 Å². The highest BCUT2D eigenvalue weighted by Crippen LogP contribution is 2.45. The molecule has 1 spiro atoms. The largest absolute Gasteiger partial charge is 0.487 e. The zero-order chi connectivity index (χ0) is 20.7. The average Bonchev–Trinajstić information content (AvgIpc) is 3.18. The van der Waals surface area contributed by atoms with Crippen molar-refractivity contribution in [2.24, 2.45) is 0 Å². The quantitative estimate of drug-likeness (QED) is 0.557. The molecule has 2 aliphatic heterocycles. The van der Waals surface area contributed by atoms with E-state index >= 15 is 0 Å². The zero-order valence-electron chi connectivity index (χ0n) is 16.2. The van der Waals surface area contributed by atoms with Crippen LogP contribution in [0.1, 0.15) is 36.8 Å². The number of aromatic nitrogens is 2. The number of hydrogen-bond acceptors (Lipinski definition) is 6. The maximum atomic E-state index is 10.6. The maximum Gasteiger partial charge on any atom is 0.247 e. The van der Waals surface area contributed by atoms with Crippen LogP contribution in [0.25, 0.3) is 11.5 Å². The van der Waals surface area contributed by atoms with Crippen molar-refractivity contribution >= 4 is 27.5 Å². The fourth-order valence-electron chi connectivity index (χ4n) is 4.25. The first-order chi connectivity index (χ1) is 14.5. The molecule has 0 saturated carbocycles. The van der Waals surface area contributed by atoms with Gasteiger partial charge in [-0.1, -0.05) is 33.6 Å². The second-order valence-electron chi connectivity index (χ2n) is 7.97. The molecule has 6 nitrogen and oxygen atoms in total. The number of aliphatic hydroxyl groups is 1. The Labute approximate surface area is 187 Å². The summed E-state index contributed by atoms with van der Waals surface area (Å²) in [5, 5.41) is 19.7. The van der Waals surface area contributed by atoms with Gasteiger partial charge in [-0.3, -0.25) is 4.90 Å². The van der Waals surface area contributed by atoms with Crippen LogP contribution in [0, 0.1) is 0 Å². The Hall–Kier alpha value is -1.93. The monoisotopic (exact) mass is 489 g/mol. The van der Waals surface area contributed by atoms with Gasteiger partial charge in [-0.25, -0.2) is 0 Å². The van der Waals surface area contributed by atoms with Crippen LogP contribution < -0.4 is 4.74 Å². The highest BCUT2D eigenvalue weighted by Gasteiger charge is 2.43. The highest BCUT2D eigenvalue weighted by molar-refractivity contribution is 9.10. The molecule has 1 atom stereocenters. The van der Waals surface area contributed by atoms with E-state index < -0.39 is 6.10 Å². The van der Waals surface area contributed by atoms with Crippen LogP contribution in [-0.2, 0) is 6.54 Å². The zero-order valence-corrected chi connectivity index (χ0v) is 18.6. The molecule has 3 aromatic rings. The van der Waals surface area contributed by atoms with E-state index in [0.717, 1.165) is 47.3 Å². The summed E-state index contributed by atoms with van der Waals surface area (Å²) in [4.78, 5) is 2.29. The van der Waals surface area contributed by atoms with Gasteiger partial charge < -0.3 is 14.3 Å². The van der Waals surface area contributed by atoms with Crippen LogP contribution >= 0.6 is 27.5 Å². The number of aliphatic hydroxyl groups excluding tert-OH is 1. The summed E-state index contributed by atoms with van der Waals surface area (Å²) in [6.07, 6.45) is 1.81. The molecule has 1 fully saturated rings. The van der Waals surface area contributed by atoms with Crippen molar-refractivity contribution in [1.29, 1.82) is 0 Å². The van der Waals surface area contributed by atoms with Crippen molar-refractivity contribution in [3.63, 3.8) is 0 Å². The Morgan fingerprint density at radius 3 is 2.67 bits per heavy atom. The highest BCUT2D eigenvalue weighted by atomic mass is 79.9. The third-order valence-electron chi connectivity index (χ3n) is 5.91. The molecule has 1 saturated heterocycles. The lowest BCUT2D eigenvalue weighted by molar-refractivity contribution is -0.0560. The number of hydrogen-bond donors (Lipinski definition) is 1. The minimum absolute atomic E-state index is 0.326. The summed E-state index contributed by atoms with van der Waals surface area (Å²) < 4.78 is 13.2. The summed E-state index contributed by atoms with van der Waals surface area (Å²) >= 11 is 9.43.